The third kappa shape index (κ3) is 6.55. The van der Waals surface area contributed by atoms with E-state index in [0.29, 0.717) is 18.9 Å². The fourth-order valence-corrected chi connectivity index (χ4v) is 6.08. The van der Waals surface area contributed by atoms with E-state index in [-0.39, 0.29) is 18.0 Å². The molecule has 2 atom stereocenters. The normalized spacial score (nSPS) is 19.9. The van der Waals surface area contributed by atoms with Gasteiger partial charge < -0.3 is 21.3 Å². The van der Waals surface area contributed by atoms with Gasteiger partial charge in [0, 0.05) is 24.3 Å². The van der Waals surface area contributed by atoms with Crippen molar-refractivity contribution in [1.29, 1.82) is 0 Å². The standard InChI is InChI=1S/C32H38N4O2/c37-29(23-32(19-10-3-11-20-32)36-31(38)34-27-15-6-2-7-16-27)33-21-18-26-22-25-14-8-9-17-28(25)35-30(26)24-12-4-1-5-13-24/h1-2,4-9,12-17,26,30,35H,3,10-11,18-23H2,(H,33,37)(H2,34,36,38)/t26-,30-/m0/s1. The van der Waals surface area contributed by atoms with Gasteiger partial charge in [0.25, 0.3) is 0 Å². The zero-order chi connectivity index (χ0) is 26.2. The van der Waals surface area contributed by atoms with E-state index in [2.05, 4.69) is 69.8 Å². The minimum atomic E-state index is -0.501. The Labute approximate surface area is 225 Å². The maximum absolute atomic E-state index is 13.1. The average molecular weight is 511 g/mol. The molecule has 6 nitrogen and oxygen atoms in total. The summed E-state index contributed by atoms with van der Waals surface area (Å²) in [6.07, 6.45) is 6.98. The molecule has 2 aliphatic rings. The van der Waals surface area contributed by atoms with Gasteiger partial charge in [-0.15, -0.1) is 0 Å². The Bertz CT molecular complexity index is 1210. The number of rotatable bonds is 8. The first-order valence-corrected chi connectivity index (χ1v) is 13.9. The fraction of sp³-hybridized carbons (Fsp3) is 0.375. The number of benzene rings is 3. The Morgan fingerprint density at radius 2 is 1.53 bits per heavy atom. The largest absolute Gasteiger partial charge is 0.378 e. The smallest absolute Gasteiger partial charge is 0.319 e. The van der Waals surface area contributed by atoms with Crippen molar-refractivity contribution in [2.24, 2.45) is 5.92 Å². The number of amides is 3. The second kappa shape index (κ2) is 12.2. The molecule has 0 radical (unpaired) electrons. The van der Waals surface area contributed by atoms with Crippen LogP contribution in [0.25, 0.3) is 0 Å². The predicted molar refractivity (Wildman–Crippen MR) is 153 cm³/mol. The number of hydrogen-bond donors (Lipinski definition) is 4. The van der Waals surface area contributed by atoms with E-state index >= 15 is 0 Å². The third-order valence-corrected chi connectivity index (χ3v) is 8.00. The van der Waals surface area contributed by atoms with Crippen LogP contribution in [0.3, 0.4) is 0 Å². The molecule has 1 saturated carbocycles. The van der Waals surface area contributed by atoms with Gasteiger partial charge in [0.2, 0.25) is 5.91 Å². The van der Waals surface area contributed by atoms with Gasteiger partial charge in [0.05, 0.1) is 11.6 Å². The van der Waals surface area contributed by atoms with Crippen LogP contribution < -0.4 is 21.3 Å². The van der Waals surface area contributed by atoms with Crippen LogP contribution in [-0.4, -0.2) is 24.0 Å². The summed E-state index contributed by atoms with van der Waals surface area (Å²) in [4.78, 5) is 25.9. The van der Waals surface area contributed by atoms with Crippen molar-refractivity contribution in [2.45, 2.75) is 62.9 Å². The van der Waals surface area contributed by atoms with E-state index in [1.807, 2.05) is 36.4 Å². The van der Waals surface area contributed by atoms with Crippen LogP contribution in [0.4, 0.5) is 16.2 Å². The molecule has 0 aromatic heterocycles. The van der Waals surface area contributed by atoms with Gasteiger partial charge in [0.15, 0.2) is 0 Å². The van der Waals surface area contributed by atoms with Crippen LogP contribution in [-0.2, 0) is 11.2 Å². The van der Waals surface area contributed by atoms with Crippen molar-refractivity contribution in [3.05, 3.63) is 96.1 Å². The lowest BCUT2D eigenvalue weighted by molar-refractivity contribution is -0.122. The van der Waals surface area contributed by atoms with Crippen LogP contribution in [0.5, 0.6) is 0 Å². The van der Waals surface area contributed by atoms with Crippen molar-refractivity contribution in [1.82, 2.24) is 10.6 Å². The van der Waals surface area contributed by atoms with Gasteiger partial charge in [-0.1, -0.05) is 86.0 Å². The van der Waals surface area contributed by atoms with Crippen molar-refractivity contribution in [3.63, 3.8) is 0 Å². The first-order valence-electron chi connectivity index (χ1n) is 13.9. The molecule has 3 amide bonds. The highest BCUT2D eigenvalue weighted by Gasteiger charge is 2.36. The summed E-state index contributed by atoms with van der Waals surface area (Å²) < 4.78 is 0. The summed E-state index contributed by atoms with van der Waals surface area (Å²) in [5.41, 5.74) is 4.04. The second-order valence-corrected chi connectivity index (χ2v) is 10.8. The SMILES string of the molecule is O=C(CC1(NC(=O)Nc2ccccc2)CCCCC1)NCC[C@H]1Cc2ccccc2N[C@H]1c1ccccc1. The monoisotopic (exact) mass is 510 g/mol. The van der Waals surface area contributed by atoms with Crippen LogP contribution in [0.1, 0.15) is 62.1 Å². The number of urea groups is 1. The van der Waals surface area contributed by atoms with Gasteiger partial charge in [-0.25, -0.2) is 4.79 Å². The van der Waals surface area contributed by atoms with E-state index in [9.17, 15) is 9.59 Å². The number of anilines is 2. The van der Waals surface area contributed by atoms with Gasteiger partial charge in [-0.3, -0.25) is 4.79 Å². The van der Waals surface area contributed by atoms with Crippen molar-refractivity contribution >= 4 is 23.3 Å². The molecule has 1 aliphatic heterocycles. The van der Waals surface area contributed by atoms with Crippen LogP contribution >= 0.6 is 0 Å². The molecule has 38 heavy (non-hydrogen) atoms. The second-order valence-electron chi connectivity index (χ2n) is 10.8. The van der Waals surface area contributed by atoms with Gasteiger partial charge in [-0.05, 0) is 60.9 Å². The molecular weight excluding hydrogens is 472 g/mol. The van der Waals surface area contributed by atoms with E-state index in [1.54, 1.807) is 0 Å². The summed E-state index contributed by atoms with van der Waals surface area (Å²) in [6, 6.07) is 28.4. The molecule has 198 valence electrons. The highest BCUT2D eigenvalue weighted by molar-refractivity contribution is 5.90. The summed E-state index contributed by atoms with van der Waals surface area (Å²) >= 11 is 0. The molecule has 3 aromatic carbocycles. The number of fused-ring (bicyclic) bond motifs is 1. The van der Waals surface area contributed by atoms with Gasteiger partial charge in [0.1, 0.15) is 0 Å². The van der Waals surface area contributed by atoms with E-state index in [0.717, 1.165) is 50.6 Å². The van der Waals surface area contributed by atoms with Crippen molar-refractivity contribution < 1.29 is 9.59 Å². The van der Waals surface area contributed by atoms with Gasteiger partial charge >= 0.3 is 6.03 Å². The Balaban J connectivity index is 1.19. The van der Waals surface area contributed by atoms with Gasteiger partial charge in [-0.2, -0.15) is 0 Å². The first kappa shape index (κ1) is 25.8. The number of hydrogen-bond acceptors (Lipinski definition) is 3. The molecular formula is C32H38N4O2. The van der Waals surface area contributed by atoms with E-state index in [1.165, 1.54) is 16.8 Å². The summed E-state index contributed by atoms with van der Waals surface area (Å²) in [7, 11) is 0. The van der Waals surface area contributed by atoms with Crippen LogP contribution in [0, 0.1) is 5.92 Å². The quantitative estimate of drug-likeness (QED) is 0.282. The molecule has 0 saturated heterocycles. The van der Waals surface area contributed by atoms with E-state index in [4.69, 9.17) is 0 Å². The van der Waals surface area contributed by atoms with Crippen molar-refractivity contribution in [2.75, 3.05) is 17.2 Å². The van der Waals surface area contributed by atoms with Crippen LogP contribution in [0.15, 0.2) is 84.9 Å². The Morgan fingerprint density at radius 3 is 2.29 bits per heavy atom. The molecule has 0 spiro atoms. The van der Waals surface area contributed by atoms with E-state index < -0.39 is 5.54 Å². The molecule has 1 fully saturated rings. The molecule has 0 bridgehead atoms. The molecule has 0 unspecified atom stereocenters. The maximum atomic E-state index is 13.1. The summed E-state index contributed by atoms with van der Waals surface area (Å²) in [6.45, 7) is 0.614. The lowest BCUT2D eigenvalue weighted by Crippen LogP contribution is -2.53. The topological polar surface area (TPSA) is 82.3 Å². The fourth-order valence-electron chi connectivity index (χ4n) is 6.08. The predicted octanol–water partition coefficient (Wildman–Crippen LogP) is 6.43. The Hall–Kier alpha value is -3.80. The maximum Gasteiger partial charge on any atom is 0.319 e. The highest BCUT2D eigenvalue weighted by atomic mass is 16.2. The van der Waals surface area contributed by atoms with Crippen LogP contribution in [0.2, 0.25) is 0 Å². The molecule has 4 N–H and O–H groups in total. The Kier molecular flexibility index (Phi) is 8.27. The average Bonchev–Trinajstić information content (AvgIpc) is 2.94. The zero-order valence-corrected chi connectivity index (χ0v) is 21.9. The third-order valence-electron chi connectivity index (χ3n) is 8.00. The number of carbonyl (C=O) groups is 2. The summed E-state index contributed by atoms with van der Waals surface area (Å²) in [5.74, 6) is 0.373. The lowest BCUT2D eigenvalue weighted by Gasteiger charge is -2.38. The molecule has 6 heteroatoms. The number of carbonyl (C=O) groups excluding carboxylic acids is 2. The Morgan fingerprint density at radius 1 is 0.842 bits per heavy atom. The minimum Gasteiger partial charge on any atom is -0.378 e. The van der Waals surface area contributed by atoms with Crippen molar-refractivity contribution in [3.8, 4) is 0 Å². The summed E-state index contributed by atoms with van der Waals surface area (Å²) in [5, 5.41) is 13.0. The molecule has 1 aliphatic carbocycles. The number of para-hydroxylation sites is 2. The minimum absolute atomic E-state index is 0.00680. The lowest BCUT2D eigenvalue weighted by atomic mass is 9.79. The molecule has 1 heterocycles. The molecule has 5 rings (SSSR count). The number of nitrogens with one attached hydrogen (secondary N) is 4. The first-order chi connectivity index (χ1) is 18.6. The highest BCUT2D eigenvalue weighted by Crippen LogP contribution is 2.38. The zero-order valence-electron chi connectivity index (χ0n) is 21.9. The molecule has 3 aromatic rings.